The van der Waals surface area contributed by atoms with Crippen LogP contribution in [0.4, 0.5) is 0 Å². The number of hydrogen-bond donors (Lipinski definition) is 1. The van der Waals surface area contributed by atoms with Crippen LogP contribution in [-0.2, 0) is 0 Å². The van der Waals surface area contributed by atoms with Crippen molar-refractivity contribution in [2.45, 2.75) is 18.9 Å². The molecule has 3 rings (SSSR count). The van der Waals surface area contributed by atoms with Crippen LogP contribution in [0.15, 0.2) is 54.6 Å². The van der Waals surface area contributed by atoms with Gasteiger partial charge in [0.2, 0.25) is 0 Å². The summed E-state index contributed by atoms with van der Waals surface area (Å²) in [4.78, 5) is 0. The second kappa shape index (κ2) is 7.32. The quantitative estimate of drug-likeness (QED) is 0.910. The van der Waals surface area contributed by atoms with Crippen LogP contribution in [0.5, 0.6) is 11.5 Å². The van der Waals surface area contributed by atoms with Gasteiger partial charge in [-0.05, 0) is 37.1 Å². The van der Waals surface area contributed by atoms with Crippen molar-refractivity contribution in [2.24, 2.45) is 5.92 Å². The summed E-state index contributed by atoms with van der Waals surface area (Å²) in [7, 11) is 1.68. The van der Waals surface area contributed by atoms with Crippen molar-refractivity contribution in [3.05, 3.63) is 60.2 Å². The van der Waals surface area contributed by atoms with Gasteiger partial charge in [-0.2, -0.15) is 0 Å². The van der Waals surface area contributed by atoms with Crippen molar-refractivity contribution >= 4 is 0 Å². The van der Waals surface area contributed by atoms with Gasteiger partial charge in [-0.15, -0.1) is 0 Å². The Bertz CT molecular complexity index is 579. The maximum absolute atomic E-state index is 6.40. The summed E-state index contributed by atoms with van der Waals surface area (Å²) in [6.07, 6.45) is 2.43. The van der Waals surface area contributed by atoms with Gasteiger partial charge < -0.3 is 14.8 Å². The Morgan fingerprint density at radius 2 is 1.73 bits per heavy atom. The molecule has 3 nitrogen and oxygen atoms in total. The minimum Gasteiger partial charge on any atom is -0.493 e. The van der Waals surface area contributed by atoms with Gasteiger partial charge in [0.1, 0.15) is 6.10 Å². The lowest BCUT2D eigenvalue weighted by atomic mass is 9.89. The highest BCUT2D eigenvalue weighted by Gasteiger charge is 2.27. The lowest BCUT2D eigenvalue weighted by Crippen LogP contribution is -2.35. The first kappa shape index (κ1) is 14.9. The van der Waals surface area contributed by atoms with Gasteiger partial charge in [-0.1, -0.05) is 42.5 Å². The predicted molar refractivity (Wildman–Crippen MR) is 88.4 cm³/mol. The first-order valence-corrected chi connectivity index (χ1v) is 7.94. The molecular weight excluding hydrogens is 274 g/mol. The molecule has 0 radical (unpaired) electrons. The Balaban J connectivity index is 1.88. The summed E-state index contributed by atoms with van der Waals surface area (Å²) in [5.41, 5.74) is 1.22. The highest BCUT2D eigenvalue weighted by molar-refractivity contribution is 5.40. The molecule has 0 aliphatic carbocycles. The average molecular weight is 297 g/mol. The van der Waals surface area contributed by atoms with Crippen molar-refractivity contribution in [1.82, 2.24) is 5.32 Å². The zero-order valence-electron chi connectivity index (χ0n) is 13.0. The predicted octanol–water partition coefficient (Wildman–Crippen LogP) is 3.81. The highest BCUT2D eigenvalue weighted by Crippen LogP contribution is 2.36. The average Bonchev–Trinajstić information content (AvgIpc) is 2.61. The molecule has 3 heteroatoms. The molecule has 2 aromatic rings. The Morgan fingerprint density at radius 3 is 2.41 bits per heavy atom. The Kier molecular flexibility index (Phi) is 4.96. The second-order valence-electron chi connectivity index (χ2n) is 5.71. The van der Waals surface area contributed by atoms with Crippen LogP contribution in [0, 0.1) is 5.92 Å². The number of rotatable bonds is 5. The topological polar surface area (TPSA) is 30.5 Å². The summed E-state index contributed by atoms with van der Waals surface area (Å²) in [5, 5.41) is 3.49. The van der Waals surface area contributed by atoms with E-state index in [9.17, 15) is 0 Å². The van der Waals surface area contributed by atoms with E-state index in [1.807, 2.05) is 30.3 Å². The van der Waals surface area contributed by atoms with E-state index in [1.165, 1.54) is 18.4 Å². The molecule has 1 N–H and O–H groups in total. The molecule has 0 saturated carbocycles. The minimum atomic E-state index is 0.0466. The van der Waals surface area contributed by atoms with Crippen LogP contribution in [-0.4, -0.2) is 20.2 Å². The standard InChI is InChI=1S/C19H23NO2/c1-21-17-11-5-6-12-18(17)22-19(15-8-3-2-4-9-15)16-10-7-13-20-14-16/h2-6,8-9,11-12,16,19-20H,7,10,13-14H2,1H3. The molecule has 0 spiro atoms. The molecule has 1 aliphatic heterocycles. The van der Waals surface area contributed by atoms with E-state index in [2.05, 4.69) is 29.6 Å². The summed E-state index contributed by atoms with van der Waals surface area (Å²) in [6.45, 7) is 2.10. The van der Waals surface area contributed by atoms with E-state index in [1.54, 1.807) is 7.11 Å². The van der Waals surface area contributed by atoms with Crippen LogP contribution in [0.1, 0.15) is 24.5 Å². The molecule has 1 aliphatic rings. The van der Waals surface area contributed by atoms with Crippen LogP contribution in [0.3, 0.4) is 0 Å². The highest BCUT2D eigenvalue weighted by atomic mass is 16.5. The molecular formula is C19H23NO2. The van der Waals surface area contributed by atoms with Crippen molar-refractivity contribution in [2.75, 3.05) is 20.2 Å². The minimum absolute atomic E-state index is 0.0466. The van der Waals surface area contributed by atoms with E-state index < -0.39 is 0 Å². The van der Waals surface area contributed by atoms with Crippen molar-refractivity contribution < 1.29 is 9.47 Å². The van der Waals surface area contributed by atoms with Crippen molar-refractivity contribution in [3.8, 4) is 11.5 Å². The summed E-state index contributed by atoms with van der Waals surface area (Å²) >= 11 is 0. The molecule has 1 heterocycles. The molecule has 0 amide bonds. The van der Waals surface area contributed by atoms with E-state index in [4.69, 9.17) is 9.47 Å². The van der Waals surface area contributed by atoms with Crippen molar-refractivity contribution in [3.63, 3.8) is 0 Å². The first-order valence-electron chi connectivity index (χ1n) is 7.94. The fourth-order valence-corrected chi connectivity index (χ4v) is 3.07. The number of hydrogen-bond acceptors (Lipinski definition) is 3. The third kappa shape index (κ3) is 3.42. The number of piperidine rings is 1. The molecule has 2 unspecified atom stereocenters. The van der Waals surface area contributed by atoms with Gasteiger partial charge in [0, 0.05) is 12.5 Å². The molecule has 2 atom stereocenters. The van der Waals surface area contributed by atoms with Gasteiger partial charge in [-0.3, -0.25) is 0 Å². The maximum Gasteiger partial charge on any atom is 0.162 e. The Labute approximate surface area is 132 Å². The normalized spacial score (nSPS) is 19.4. The van der Waals surface area contributed by atoms with Crippen LogP contribution in [0.25, 0.3) is 0 Å². The molecule has 1 saturated heterocycles. The van der Waals surface area contributed by atoms with Gasteiger partial charge in [0.15, 0.2) is 11.5 Å². The smallest absolute Gasteiger partial charge is 0.162 e. The van der Waals surface area contributed by atoms with Gasteiger partial charge >= 0.3 is 0 Å². The zero-order chi connectivity index (χ0) is 15.2. The van der Waals surface area contributed by atoms with E-state index in [0.29, 0.717) is 5.92 Å². The monoisotopic (exact) mass is 297 g/mol. The zero-order valence-corrected chi connectivity index (χ0v) is 13.0. The fraction of sp³-hybridized carbons (Fsp3) is 0.368. The Hall–Kier alpha value is -2.00. The Morgan fingerprint density at radius 1 is 1.00 bits per heavy atom. The van der Waals surface area contributed by atoms with Gasteiger partial charge in [-0.25, -0.2) is 0 Å². The number of methoxy groups -OCH3 is 1. The first-order chi connectivity index (χ1) is 10.9. The lowest BCUT2D eigenvalue weighted by molar-refractivity contribution is 0.112. The van der Waals surface area contributed by atoms with E-state index in [0.717, 1.165) is 24.6 Å². The number of para-hydroxylation sites is 2. The molecule has 116 valence electrons. The lowest BCUT2D eigenvalue weighted by Gasteiger charge is -2.32. The van der Waals surface area contributed by atoms with Gasteiger partial charge in [0.25, 0.3) is 0 Å². The number of nitrogens with one attached hydrogen (secondary N) is 1. The number of ether oxygens (including phenoxy) is 2. The molecule has 1 fully saturated rings. The molecule has 0 aromatic heterocycles. The fourth-order valence-electron chi connectivity index (χ4n) is 3.07. The number of benzene rings is 2. The third-order valence-corrected chi connectivity index (χ3v) is 4.21. The second-order valence-corrected chi connectivity index (χ2v) is 5.71. The SMILES string of the molecule is COc1ccccc1OC(c1ccccc1)C1CCCNC1. The molecule has 2 aromatic carbocycles. The largest absolute Gasteiger partial charge is 0.493 e. The summed E-state index contributed by atoms with van der Waals surface area (Å²) < 4.78 is 11.8. The van der Waals surface area contributed by atoms with Gasteiger partial charge in [0.05, 0.1) is 7.11 Å². The van der Waals surface area contributed by atoms with Crippen LogP contribution < -0.4 is 14.8 Å². The summed E-state index contributed by atoms with van der Waals surface area (Å²) in [6, 6.07) is 18.4. The molecule has 0 bridgehead atoms. The van der Waals surface area contributed by atoms with Crippen LogP contribution in [0.2, 0.25) is 0 Å². The van der Waals surface area contributed by atoms with Crippen molar-refractivity contribution in [1.29, 1.82) is 0 Å². The van der Waals surface area contributed by atoms with Crippen LogP contribution >= 0.6 is 0 Å². The third-order valence-electron chi connectivity index (χ3n) is 4.21. The molecule has 22 heavy (non-hydrogen) atoms. The van der Waals surface area contributed by atoms with E-state index >= 15 is 0 Å². The van der Waals surface area contributed by atoms with E-state index in [-0.39, 0.29) is 6.10 Å². The maximum atomic E-state index is 6.40. The summed E-state index contributed by atoms with van der Waals surface area (Å²) in [5.74, 6) is 2.07.